The van der Waals surface area contributed by atoms with Gasteiger partial charge in [0, 0.05) is 37.3 Å². The van der Waals surface area contributed by atoms with Crippen LogP contribution in [0.4, 0.5) is 0 Å². The zero-order chi connectivity index (χ0) is 16.2. The van der Waals surface area contributed by atoms with E-state index >= 15 is 0 Å². The molecule has 0 bridgehead atoms. The maximum atomic E-state index is 12.1. The van der Waals surface area contributed by atoms with Crippen LogP contribution in [0.5, 0.6) is 0 Å². The van der Waals surface area contributed by atoms with Crippen molar-refractivity contribution in [2.75, 3.05) is 19.6 Å². The Bertz CT molecular complexity index is 663. The maximum absolute atomic E-state index is 12.1. The SMILES string of the molecule is CCn1cc(C(=O)NC[C@@H]2CCN(Cc3sccc3C)C2)cn1. The molecule has 124 valence electrons. The first-order valence-corrected chi connectivity index (χ1v) is 9.09. The second-order valence-electron chi connectivity index (χ2n) is 6.21. The Kier molecular flexibility index (Phi) is 5.13. The highest BCUT2D eigenvalue weighted by atomic mass is 32.1. The van der Waals surface area contributed by atoms with Crippen LogP contribution in [0.25, 0.3) is 0 Å². The molecule has 1 fully saturated rings. The summed E-state index contributed by atoms with van der Waals surface area (Å²) in [4.78, 5) is 16.1. The largest absolute Gasteiger partial charge is 0.352 e. The summed E-state index contributed by atoms with van der Waals surface area (Å²) < 4.78 is 1.77. The molecule has 2 aromatic rings. The molecule has 1 amide bonds. The minimum atomic E-state index is -0.0164. The van der Waals surface area contributed by atoms with Crippen LogP contribution < -0.4 is 5.32 Å². The Hall–Kier alpha value is -1.66. The van der Waals surface area contributed by atoms with Crippen molar-refractivity contribution < 1.29 is 4.79 Å². The summed E-state index contributed by atoms with van der Waals surface area (Å²) >= 11 is 1.84. The molecule has 0 radical (unpaired) electrons. The monoisotopic (exact) mass is 332 g/mol. The highest BCUT2D eigenvalue weighted by Gasteiger charge is 2.23. The molecular weight excluding hydrogens is 308 g/mol. The molecule has 5 nitrogen and oxygen atoms in total. The predicted molar refractivity (Wildman–Crippen MR) is 92.7 cm³/mol. The third kappa shape index (κ3) is 4.00. The number of nitrogens with one attached hydrogen (secondary N) is 1. The number of aryl methyl sites for hydroxylation is 2. The maximum Gasteiger partial charge on any atom is 0.254 e. The van der Waals surface area contributed by atoms with Crippen LogP contribution >= 0.6 is 11.3 Å². The molecule has 1 saturated heterocycles. The van der Waals surface area contributed by atoms with Crippen molar-refractivity contribution >= 4 is 17.2 Å². The summed E-state index contributed by atoms with van der Waals surface area (Å²) in [5.74, 6) is 0.526. The number of thiophene rings is 1. The van der Waals surface area contributed by atoms with Crippen LogP contribution in [0.15, 0.2) is 23.8 Å². The summed E-state index contributed by atoms with van der Waals surface area (Å²) in [6.07, 6.45) is 4.59. The average molecular weight is 332 g/mol. The smallest absolute Gasteiger partial charge is 0.254 e. The van der Waals surface area contributed by atoms with Gasteiger partial charge in [-0.3, -0.25) is 14.4 Å². The third-order valence-electron chi connectivity index (χ3n) is 4.48. The van der Waals surface area contributed by atoms with E-state index in [1.54, 1.807) is 17.1 Å². The lowest BCUT2D eigenvalue weighted by Gasteiger charge is -2.16. The lowest BCUT2D eigenvalue weighted by molar-refractivity contribution is 0.0947. The molecule has 6 heteroatoms. The summed E-state index contributed by atoms with van der Waals surface area (Å²) in [5, 5.41) is 9.36. The fourth-order valence-corrected chi connectivity index (χ4v) is 3.93. The van der Waals surface area contributed by atoms with Crippen LogP contribution in [0, 0.1) is 12.8 Å². The van der Waals surface area contributed by atoms with Gasteiger partial charge < -0.3 is 5.32 Å². The van der Waals surface area contributed by atoms with E-state index in [9.17, 15) is 4.79 Å². The second-order valence-corrected chi connectivity index (χ2v) is 7.21. The Balaban J connectivity index is 1.45. The van der Waals surface area contributed by atoms with Crippen molar-refractivity contribution in [1.82, 2.24) is 20.0 Å². The van der Waals surface area contributed by atoms with Crippen LogP contribution in [0.3, 0.4) is 0 Å². The van der Waals surface area contributed by atoms with Crippen LogP contribution in [0.2, 0.25) is 0 Å². The van der Waals surface area contributed by atoms with E-state index in [4.69, 9.17) is 0 Å². The number of hydrogen-bond acceptors (Lipinski definition) is 4. The standard InChI is InChI=1S/C17H24N4OS/c1-3-21-11-15(9-19-21)17(22)18-8-14-4-6-20(10-14)12-16-13(2)5-7-23-16/h5,7,9,11,14H,3-4,6,8,10,12H2,1-2H3,(H,18,22)/t14-/m0/s1. The van der Waals surface area contributed by atoms with Gasteiger partial charge in [-0.1, -0.05) is 0 Å². The van der Waals surface area contributed by atoms with Gasteiger partial charge in [-0.15, -0.1) is 11.3 Å². The van der Waals surface area contributed by atoms with Crippen LogP contribution in [-0.2, 0) is 13.1 Å². The van der Waals surface area contributed by atoms with Crippen molar-refractivity contribution in [3.05, 3.63) is 39.8 Å². The molecule has 0 saturated carbocycles. The van der Waals surface area contributed by atoms with E-state index in [1.807, 2.05) is 18.3 Å². The van der Waals surface area contributed by atoms with Crippen LogP contribution in [-0.4, -0.2) is 40.2 Å². The number of nitrogens with zero attached hydrogens (tertiary/aromatic N) is 3. The van der Waals surface area contributed by atoms with E-state index in [-0.39, 0.29) is 5.91 Å². The lowest BCUT2D eigenvalue weighted by Crippen LogP contribution is -2.30. The third-order valence-corrected chi connectivity index (χ3v) is 5.48. The molecule has 1 aliphatic rings. The zero-order valence-corrected chi connectivity index (χ0v) is 14.6. The molecular formula is C17H24N4OS. The first kappa shape index (κ1) is 16.2. The molecule has 1 aliphatic heterocycles. The lowest BCUT2D eigenvalue weighted by atomic mass is 10.1. The van der Waals surface area contributed by atoms with Crippen molar-refractivity contribution in [1.29, 1.82) is 0 Å². The Morgan fingerprint density at radius 1 is 1.52 bits per heavy atom. The van der Waals surface area contributed by atoms with E-state index in [0.717, 1.165) is 39.1 Å². The van der Waals surface area contributed by atoms with Gasteiger partial charge >= 0.3 is 0 Å². The fourth-order valence-electron chi connectivity index (χ4n) is 2.99. The number of likely N-dealkylation sites (tertiary alicyclic amines) is 1. The molecule has 23 heavy (non-hydrogen) atoms. The van der Waals surface area contributed by atoms with E-state index in [0.29, 0.717) is 11.5 Å². The highest BCUT2D eigenvalue weighted by molar-refractivity contribution is 7.10. The first-order chi connectivity index (χ1) is 11.2. The Morgan fingerprint density at radius 2 is 2.39 bits per heavy atom. The molecule has 1 atom stereocenters. The second kappa shape index (κ2) is 7.27. The minimum absolute atomic E-state index is 0.0164. The van der Waals surface area contributed by atoms with E-state index < -0.39 is 0 Å². The minimum Gasteiger partial charge on any atom is -0.352 e. The van der Waals surface area contributed by atoms with Gasteiger partial charge in [-0.25, -0.2) is 0 Å². The molecule has 0 spiro atoms. The zero-order valence-electron chi connectivity index (χ0n) is 13.8. The molecule has 3 rings (SSSR count). The molecule has 3 heterocycles. The van der Waals surface area contributed by atoms with Crippen molar-refractivity contribution in [2.24, 2.45) is 5.92 Å². The van der Waals surface area contributed by atoms with Crippen molar-refractivity contribution in [3.63, 3.8) is 0 Å². The average Bonchev–Trinajstić information content (AvgIpc) is 3.27. The molecule has 0 unspecified atom stereocenters. The number of hydrogen-bond donors (Lipinski definition) is 1. The predicted octanol–water partition coefficient (Wildman–Crippen LogP) is 2.52. The molecule has 0 aromatic carbocycles. The summed E-state index contributed by atoms with van der Waals surface area (Å²) in [6, 6.07) is 2.18. The van der Waals surface area contributed by atoms with Gasteiger partial charge in [0.2, 0.25) is 0 Å². The van der Waals surface area contributed by atoms with Gasteiger partial charge in [0.15, 0.2) is 0 Å². The van der Waals surface area contributed by atoms with Gasteiger partial charge in [0.1, 0.15) is 0 Å². The number of carbonyl (C=O) groups is 1. The topological polar surface area (TPSA) is 50.2 Å². The summed E-state index contributed by atoms with van der Waals surface area (Å²) in [5.41, 5.74) is 2.04. The first-order valence-electron chi connectivity index (χ1n) is 8.21. The van der Waals surface area contributed by atoms with Crippen LogP contribution in [0.1, 0.15) is 34.1 Å². The molecule has 0 aliphatic carbocycles. The summed E-state index contributed by atoms with van der Waals surface area (Å²) in [6.45, 7) is 8.94. The number of rotatable bonds is 6. The Morgan fingerprint density at radius 3 is 3.09 bits per heavy atom. The van der Waals surface area contributed by atoms with Gasteiger partial charge in [-0.2, -0.15) is 5.10 Å². The highest BCUT2D eigenvalue weighted by Crippen LogP contribution is 2.22. The molecule has 1 N–H and O–H groups in total. The van der Waals surface area contributed by atoms with Gasteiger partial charge in [0.05, 0.1) is 11.8 Å². The van der Waals surface area contributed by atoms with Crippen molar-refractivity contribution in [3.8, 4) is 0 Å². The van der Waals surface area contributed by atoms with Gasteiger partial charge in [0.25, 0.3) is 5.91 Å². The van der Waals surface area contributed by atoms with Gasteiger partial charge in [-0.05, 0) is 49.7 Å². The number of aromatic nitrogens is 2. The summed E-state index contributed by atoms with van der Waals surface area (Å²) in [7, 11) is 0. The number of carbonyl (C=O) groups excluding carboxylic acids is 1. The normalized spacial score (nSPS) is 18.4. The Labute approximate surface area is 141 Å². The van der Waals surface area contributed by atoms with E-state index in [1.165, 1.54) is 10.4 Å². The molecule has 2 aromatic heterocycles. The quantitative estimate of drug-likeness (QED) is 0.884. The fraction of sp³-hybridized carbons (Fsp3) is 0.529. The van der Waals surface area contributed by atoms with E-state index in [2.05, 4.69) is 33.7 Å². The van der Waals surface area contributed by atoms with Crippen molar-refractivity contribution in [2.45, 2.75) is 33.4 Å². The number of amides is 1.